The molecule has 150 valence electrons. The highest BCUT2D eigenvalue weighted by molar-refractivity contribution is 7.22. The fourth-order valence-electron chi connectivity index (χ4n) is 2.60. The number of amides is 2. The predicted molar refractivity (Wildman–Crippen MR) is 116 cm³/mol. The molecule has 0 aliphatic heterocycles. The Morgan fingerprint density at radius 1 is 1.14 bits per heavy atom. The highest BCUT2D eigenvalue weighted by atomic mass is 35.5. The number of ether oxygens (including phenoxy) is 2. The van der Waals surface area contributed by atoms with Crippen LogP contribution in [-0.4, -0.2) is 31.0 Å². The van der Waals surface area contributed by atoms with E-state index in [1.165, 1.54) is 38.6 Å². The zero-order valence-corrected chi connectivity index (χ0v) is 17.5. The average molecular weight is 432 g/mol. The summed E-state index contributed by atoms with van der Waals surface area (Å²) in [4.78, 5) is 27.7. The second kappa shape index (κ2) is 8.93. The van der Waals surface area contributed by atoms with Crippen molar-refractivity contribution in [2.24, 2.45) is 0 Å². The number of carbonyl (C=O) groups excluding carboxylic acids is 2. The van der Waals surface area contributed by atoms with Crippen LogP contribution in [0.4, 0.5) is 10.8 Å². The van der Waals surface area contributed by atoms with Crippen molar-refractivity contribution in [1.82, 2.24) is 4.98 Å². The number of thiazole rings is 1. The lowest BCUT2D eigenvalue weighted by Crippen LogP contribution is -2.07. The zero-order valence-electron chi connectivity index (χ0n) is 15.9. The van der Waals surface area contributed by atoms with E-state index in [2.05, 4.69) is 15.6 Å². The molecule has 0 atom stereocenters. The van der Waals surface area contributed by atoms with Gasteiger partial charge in [-0.2, -0.15) is 0 Å². The lowest BCUT2D eigenvalue weighted by atomic mass is 10.2. The molecule has 1 heterocycles. The van der Waals surface area contributed by atoms with Crippen LogP contribution >= 0.6 is 22.9 Å². The first-order chi connectivity index (χ1) is 13.9. The molecule has 1 aromatic heterocycles. The van der Waals surface area contributed by atoms with Gasteiger partial charge in [0.05, 0.1) is 29.5 Å². The lowest BCUT2D eigenvalue weighted by Gasteiger charge is -2.10. The van der Waals surface area contributed by atoms with E-state index < -0.39 is 0 Å². The van der Waals surface area contributed by atoms with Crippen molar-refractivity contribution in [3.05, 3.63) is 47.0 Å². The molecule has 9 heteroatoms. The molecule has 0 radical (unpaired) electrons. The summed E-state index contributed by atoms with van der Waals surface area (Å²) >= 11 is 7.51. The van der Waals surface area contributed by atoms with Gasteiger partial charge >= 0.3 is 0 Å². The van der Waals surface area contributed by atoms with Gasteiger partial charge in [-0.1, -0.05) is 22.9 Å². The maximum absolute atomic E-state index is 12.3. The molecule has 0 bridgehead atoms. The van der Waals surface area contributed by atoms with Gasteiger partial charge < -0.3 is 20.1 Å². The summed E-state index contributed by atoms with van der Waals surface area (Å²) in [7, 11) is 3.02. The number of anilines is 2. The molecule has 2 N–H and O–H groups in total. The Kier molecular flexibility index (Phi) is 6.36. The molecular formula is C20H18ClN3O4S. The molecular weight excluding hydrogens is 414 g/mol. The smallest absolute Gasteiger partial charge is 0.248 e. The van der Waals surface area contributed by atoms with Crippen LogP contribution in [0.5, 0.6) is 11.5 Å². The van der Waals surface area contributed by atoms with Crippen LogP contribution in [0.25, 0.3) is 16.3 Å². The third-order valence-electron chi connectivity index (χ3n) is 3.82. The van der Waals surface area contributed by atoms with Crippen molar-refractivity contribution in [1.29, 1.82) is 0 Å². The van der Waals surface area contributed by atoms with Crippen molar-refractivity contribution in [2.45, 2.75) is 6.92 Å². The monoisotopic (exact) mass is 431 g/mol. The van der Waals surface area contributed by atoms with Crippen molar-refractivity contribution >= 4 is 61.9 Å². The van der Waals surface area contributed by atoms with Crippen LogP contribution < -0.4 is 20.1 Å². The SMILES string of the molecule is COc1cc(C=CC(=O)Nc2ccc3nc(NC(C)=O)sc3c2)cc(Cl)c1OC. The molecule has 2 amide bonds. The minimum atomic E-state index is -0.304. The van der Waals surface area contributed by atoms with Crippen LogP contribution in [-0.2, 0) is 9.59 Å². The first kappa shape index (κ1) is 20.6. The number of methoxy groups -OCH3 is 2. The van der Waals surface area contributed by atoms with Gasteiger partial charge in [0.25, 0.3) is 0 Å². The van der Waals surface area contributed by atoms with Gasteiger partial charge in [-0.05, 0) is 42.0 Å². The number of nitrogens with one attached hydrogen (secondary N) is 2. The van der Waals surface area contributed by atoms with Crippen LogP contribution in [0.1, 0.15) is 12.5 Å². The molecule has 2 aromatic carbocycles. The maximum Gasteiger partial charge on any atom is 0.248 e. The van der Waals surface area contributed by atoms with Gasteiger partial charge in [-0.3, -0.25) is 9.59 Å². The van der Waals surface area contributed by atoms with Crippen molar-refractivity contribution < 1.29 is 19.1 Å². The third-order valence-corrected chi connectivity index (χ3v) is 5.04. The highest BCUT2D eigenvalue weighted by Gasteiger charge is 2.10. The number of halogens is 1. The predicted octanol–water partition coefficient (Wildman–Crippen LogP) is 4.58. The van der Waals surface area contributed by atoms with E-state index in [9.17, 15) is 9.59 Å². The highest BCUT2D eigenvalue weighted by Crippen LogP contribution is 2.36. The van der Waals surface area contributed by atoms with Crippen molar-refractivity contribution in [2.75, 3.05) is 24.9 Å². The first-order valence-electron chi connectivity index (χ1n) is 8.48. The summed E-state index contributed by atoms with van der Waals surface area (Å²) in [6.45, 7) is 1.43. The van der Waals surface area contributed by atoms with E-state index in [-0.39, 0.29) is 11.8 Å². The van der Waals surface area contributed by atoms with E-state index in [1.54, 1.807) is 36.4 Å². The van der Waals surface area contributed by atoms with Crippen molar-refractivity contribution in [3.63, 3.8) is 0 Å². The van der Waals surface area contributed by atoms with Gasteiger partial charge in [0.1, 0.15) is 0 Å². The quantitative estimate of drug-likeness (QED) is 0.558. The number of benzene rings is 2. The normalized spacial score (nSPS) is 10.9. The second-order valence-electron chi connectivity index (χ2n) is 5.94. The van der Waals surface area contributed by atoms with Crippen LogP contribution in [0, 0.1) is 0 Å². The van der Waals surface area contributed by atoms with Crippen LogP contribution in [0.3, 0.4) is 0 Å². The van der Waals surface area contributed by atoms with Gasteiger partial charge in [0, 0.05) is 18.7 Å². The van der Waals surface area contributed by atoms with Gasteiger partial charge in [0.15, 0.2) is 16.6 Å². The number of rotatable bonds is 6. The number of hydrogen-bond acceptors (Lipinski definition) is 6. The Labute approximate surface area is 176 Å². The Bertz CT molecular complexity index is 1110. The molecule has 0 aliphatic rings. The topological polar surface area (TPSA) is 89.5 Å². The largest absolute Gasteiger partial charge is 0.493 e. The summed E-state index contributed by atoms with van der Waals surface area (Å²) in [5, 5.41) is 6.35. The summed E-state index contributed by atoms with van der Waals surface area (Å²) in [6, 6.07) is 8.74. The maximum atomic E-state index is 12.3. The number of carbonyl (C=O) groups is 2. The minimum Gasteiger partial charge on any atom is -0.493 e. The Morgan fingerprint density at radius 2 is 1.93 bits per heavy atom. The van der Waals surface area contributed by atoms with Crippen LogP contribution in [0.2, 0.25) is 5.02 Å². The van der Waals surface area contributed by atoms with E-state index in [4.69, 9.17) is 21.1 Å². The molecule has 7 nitrogen and oxygen atoms in total. The van der Waals surface area contributed by atoms with Gasteiger partial charge in [-0.25, -0.2) is 4.98 Å². The first-order valence-corrected chi connectivity index (χ1v) is 9.68. The number of nitrogens with zero attached hydrogens (tertiary/aromatic N) is 1. The van der Waals surface area contributed by atoms with Gasteiger partial charge in [0.2, 0.25) is 11.8 Å². The molecule has 0 saturated heterocycles. The number of fused-ring (bicyclic) bond motifs is 1. The molecule has 0 aliphatic carbocycles. The van der Waals surface area contributed by atoms with Gasteiger partial charge in [-0.15, -0.1) is 0 Å². The lowest BCUT2D eigenvalue weighted by molar-refractivity contribution is -0.114. The third kappa shape index (κ3) is 5.04. The summed E-state index contributed by atoms with van der Waals surface area (Å²) in [5.41, 5.74) is 2.06. The molecule has 3 aromatic rings. The standard InChI is InChI=1S/C20H18ClN3O4S/c1-11(25)22-20-24-15-6-5-13(10-17(15)29-20)23-18(26)7-4-12-8-14(21)19(28-3)16(9-12)27-2/h4-10H,1-3H3,(H,23,26)(H,22,24,25). The molecule has 0 unspecified atom stereocenters. The van der Waals surface area contributed by atoms with E-state index in [1.807, 2.05) is 0 Å². The average Bonchev–Trinajstić information content (AvgIpc) is 3.06. The van der Waals surface area contributed by atoms with E-state index in [0.29, 0.717) is 32.9 Å². The van der Waals surface area contributed by atoms with Crippen molar-refractivity contribution in [3.8, 4) is 11.5 Å². The fraction of sp³-hybridized carbons (Fsp3) is 0.150. The zero-order chi connectivity index (χ0) is 21.0. The van der Waals surface area contributed by atoms with Crippen LogP contribution in [0.15, 0.2) is 36.4 Å². The fourth-order valence-corrected chi connectivity index (χ4v) is 3.84. The summed E-state index contributed by atoms with van der Waals surface area (Å²) in [6.07, 6.45) is 3.03. The Hall–Kier alpha value is -3.10. The molecule has 0 fully saturated rings. The summed E-state index contributed by atoms with van der Waals surface area (Å²) < 4.78 is 11.3. The molecule has 29 heavy (non-hydrogen) atoms. The Morgan fingerprint density at radius 3 is 2.62 bits per heavy atom. The summed E-state index contributed by atoms with van der Waals surface area (Å²) in [5.74, 6) is 0.429. The van der Waals surface area contributed by atoms with E-state index >= 15 is 0 Å². The molecule has 0 spiro atoms. The molecule has 3 rings (SSSR count). The Balaban J connectivity index is 1.73. The minimum absolute atomic E-state index is 0.182. The van der Waals surface area contributed by atoms with E-state index in [0.717, 1.165) is 10.2 Å². The molecule has 0 saturated carbocycles. The second-order valence-corrected chi connectivity index (χ2v) is 7.38. The number of aromatic nitrogens is 1. The number of hydrogen-bond donors (Lipinski definition) is 2.